The molecule has 0 saturated carbocycles. The molecule has 0 spiro atoms. The third-order valence-electron chi connectivity index (χ3n) is 2.36. The maximum Gasteiger partial charge on any atom is 0.214 e. The van der Waals surface area contributed by atoms with Gasteiger partial charge in [-0.25, -0.2) is 4.98 Å². The molecule has 0 aliphatic heterocycles. The van der Waals surface area contributed by atoms with Crippen LogP contribution in [0.25, 0.3) is 10.9 Å². The summed E-state index contributed by atoms with van der Waals surface area (Å²) < 4.78 is 5.73. The molecule has 0 aliphatic carbocycles. The Morgan fingerprint density at radius 1 is 1.24 bits per heavy atom. The zero-order valence-electron chi connectivity index (χ0n) is 10.4. The number of rotatable bonds is 2. The van der Waals surface area contributed by atoms with E-state index >= 15 is 0 Å². The average molecular weight is 231 g/mol. The zero-order valence-corrected chi connectivity index (χ0v) is 10.4. The second kappa shape index (κ2) is 4.34. The fourth-order valence-corrected chi connectivity index (χ4v) is 1.72. The van der Waals surface area contributed by atoms with Crippen molar-refractivity contribution < 1.29 is 9.84 Å². The fourth-order valence-electron chi connectivity index (χ4n) is 1.72. The lowest BCUT2D eigenvalue weighted by molar-refractivity contribution is 0.124. The lowest BCUT2D eigenvalue weighted by Crippen LogP contribution is -2.23. The third-order valence-corrected chi connectivity index (χ3v) is 2.36. The van der Waals surface area contributed by atoms with Crippen LogP contribution in [0.15, 0.2) is 30.3 Å². The highest BCUT2D eigenvalue weighted by atomic mass is 16.5. The summed E-state index contributed by atoms with van der Waals surface area (Å²) in [5.74, 6) is 0.556. The molecule has 1 aromatic carbocycles. The van der Waals surface area contributed by atoms with E-state index in [4.69, 9.17) is 4.74 Å². The Morgan fingerprint density at radius 3 is 2.59 bits per heavy atom. The molecule has 0 radical (unpaired) electrons. The van der Waals surface area contributed by atoms with Crippen LogP contribution in [-0.2, 0) is 6.61 Å². The molecule has 0 amide bonds. The largest absolute Gasteiger partial charge is 0.472 e. The maximum atomic E-state index is 9.38. The number of fused-ring (bicyclic) bond motifs is 1. The lowest BCUT2D eigenvalue weighted by atomic mass is 10.1. The number of para-hydroxylation sites is 1. The molecule has 3 nitrogen and oxygen atoms in total. The quantitative estimate of drug-likeness (QED) is 0.864. The van der Waals surface area contributed by atoms with Gasteiger partial charge < -0.3 is 9.84 Å². The van der Waals surface area contributed by atoms with Gasteiger partial charge in [-0.3, -0.25) is 0 Å². The van der Waals surface area contributed by atoms with E-state index in [1.165, 1.54) is 0 Å². The normalized spacial score (nSPS) is 11.8. The van der Waals surface area contributed by atoms with Crippen LogP contribution in [0.4, 0.5) is 0 Å². The topological polar surface area (TPSA) is 42.4 Å². The van der Waals surface area contributed by atoms with Crippen molar-refractivity contribution in [3.63, 3.8) is 0 Å². The van der Waals surface area contributed by atoms with E-state index < -0.39 is 0 Å². The number of ether oxygens (including phenoxy) is 1. The third kappa shape index (κ3) is 2.74. The first-order valence-corrected chi connectivity index (χ1v) is 5.68. The van der Waals surface area contributed by atoms with Crippen molar-refractivity contribution in [2.75, 3.05) is 0 Å². The summed E-state index contributed by atoms with van der Waals surface area (Å²) >= 11 is 0. The molecule has 1 N–H and O–H groups in total. The van der Waals surface area contributed by atoms with Crippen LogP contribution >= 0.6 is 0 Å². The minimum Gasteiger partial charge on any atom is -0.472 e. The molecule has 0 atom stereocenters. The summed E-state index contributed by atoms with van der Waals surface area (Å²) in [5.41, 5.74) is 1.40. The Balaban J connectivity index is 2.53. The lowest BCUT2D eigenvalue weighted by Gasteiger charge is -2.21. The number of benzene rings is 1. The van der Waals surface area contributed by atoms with Gasteiger partial charge in [-0.1, -0.05) is 18.2 Å². The Morgan fingerprint density at radius 2 is 1.94 bits per heavy atom. The van der Waals surface area contributed by atoms with E-state index in [-0.39, 0.29) is 12.2 Å². The highest BCUT2D eigenvalue weighted by Crippen LogP contribution is 2.24. The van der Waals surface area contributed by atoms with Gasteiger partial charge in [0.2, 0.25) is 5.88 Å². The first-order valence-electron chi connectivity index (χ1n) is 5.68. The Hall–Kier alpha value is -1.61. The van der Waals surface area contributed by atoms with Gasteiger partial charge in [-0.15, -0.1) is 0 Å². The predicted octanol–water partition coefficient (Wildman–Crippen LogP) is 2.90. The maximum absolute atomic E-state index is 9.38. The van der Waals surface area contributed by atoms with Crippen molar-refractivity contribution in [1.82, 2.24) is 4.98 Å². The molecule has 0 aliphatic rings. The van der Waals surface area contributed by atoms with Crippen LogP contribution in [-0.4, -0.2) is 15.7 Å². The summed E-state index contributed by atoms with van der Waals surface area (Å²) in [6.45, 7) is 5.91. The highest BCUT2D eigenvalue weighted by molar-refractivity contribution is 5.82. The van der Waals surface area contributed by atoms with E-state index in [1.54, 1.807) is 6.07 Å². The summed E-state index contributed by atoms with van der Waals surface area (Å²) in [5, 5.41) is 10.3. The first kappa shape index (κ1) is 11.9. The SMILES string of the molecule is CC(C)(C)Oc1cc(CO)c2ccccc2n1. The van der Waals surface area contributed by atoms with E-state index in [9.17, 15) is 5.11 Å². The van der Waals surface area contributed by atoms with Gasteiger partial charge in [0.1, 0.15) is 5.60 Å². The van der Waals surface area contributed by atoms with Crippen molar-refractivity contribution in [3.8, 4) is 5.88 Å². The minimum atomic E-state index is -0.290. The van der Waals surface area contributed by atoms with Crippen LogP contribution in [0.1, 0.15) is 26.3 Å². The van der Waals surface area contributed by atoms with E-state index in [0.29, 0.717) is 5.88 Å². The number of aliphatic hydroxyl groups excluding tert-OH is 1. The number of hydrogen-bond donors (Lipinski definition) is 1. The van der Waals surface area contributed by atoms with Crippen LogP contribution in [0.2, 0.25) is 0 Å². The standard InChI is InChI=1S/C14H17NO2/c1-14(2,3)17-13-8-10(9-16)11-6-4-5-7-12(11)15-13/h4-8,16H,9H2,1-3H3. The molecule has 0 saturated heterocycles. The Kier molecular flexibility index (Phi) is 3.03. The second-order valence-electron chi connectivity index (χ2n) is 5.01. The van der Waals surface area contributed by atoms with Crippen LogP contribution in [0.3, 0.4) is 0 Å². The summed E-state index contributed by atoms with van der Waals surface area (Å²) in [6.07, 6.45) is 0. The van der Waals surface area contributed by atoms with Gasteiger partial charge in [0.15, 0.2) is 0 Å². The van der Waals surface area contributed by atoms with Gasteiger partial charge in [0.25, 0.3) is 0 Å². The second-order valence-corrected chi connectivity index (χ2v) is 5.01. The fraction of sp³-hybridized carbons (Fsp3) is 0.357. The van der Waals surface area contributed by atoms with Crippen molar-refractivity contribution in [2.24, 2.45) is 0 Å². The molecule has 1 heterocycles. The molecule has 2 rings (SSSR count). The molecule has 0 unspecified atom stereocenters. The van der Waals surface area contributed by atoms with Crippen molar-refractivity contribution >= 4 is 10.9 Å². The predicted molar refractivity (Wildman–Crippen MR) is 68.0 cm³/mol. The minimum absolute atomic E-state index is 0.0104. The monoisotopic (exact) mass is 231 g/mol. The number of aromatic nitrogens is 1. The molecule has 17 heavy (non-hydrogen) atoms. The van der Waals surface area contributed by atoms with Crippen LogP contribution in [0, 0.1) is 0 Å². The Labute approximate surface area is 101 Å². The van der Waals surface area contributed by atoms with Gasteiger partial charge in [-0.05, 0) is 32.4 Å². The number of hydrogen-bond acceptors (Lipinski definition) is 3. The smallest absolute Gasteiger partial charge is 0.214 e. The van der Waals surface area contributed by atoms with Crippen molar-refractivity contribution in [3.05, 3.63) is 35.9 Å². The molecule has 3 heteroatoms. The van der Waals surface area contributed by atoms with Gasteiger partial charge in [0.05, 0.1) is 12.1 Å². The van der Waals surface area contributed by atoms with Gasteiger partial charge >= 0.3 is 0 Å². The summed E-state index contributed by atoms with van der Waals surface area (Å²) in [6, 6.07) is 9.54. The van der Waals surface area contributed by atoms with E-state index in [1.807, 2.05) is 45.0 Å². The Bertz CT molecular complexity index is 529. The number of nitrogens with zero attached hydrogens (tertiary/aromatic N) is 1. The summed E-state index contributed by atoms with van der Waals surface area (Å²) in [7, 11) is 0. The number of pyridine rings is 1. The molecular formula is C14H17NO2. The molecule has 90 valence electrons. The van der Waals surface area contributed by atoms with Crippen LogP contribution in [0.5, 0.6) is 5.88 Å². The summed E-state index contributed by atoms with van der Waals surface area (Å²) in [4.78, 5) is 4.44. The van der Waals surface area contributed by atoms with E-state index in [0.717, 1.165) is 16.5 Å². The number of aliphatic hydroxyl groups is 1. The van der Waals surface area contributed by atoms with Gasteiger partial charge in [-0.2, -0.15) is 0 Å². The van der Waals surface area contributed by atoms with Crippen molar-refractivity contribution in [1.29, 1.82) is 0 Å². The molecule has 0 fully saturated rings. The van der Waals surface area contributed by atoms with Gasteiger partial charge in [0, 0.05) is 11.5 Å². The average Bonchev–Trinajstić information content (AvgIpc) is 2.25. The van der Waals surface area contributed by atoms with E-state index in [2.05, 4.69) is 4.98 Å². The molecule has 0 bridgehead atoms. The van der Waals surface area contributed by atoms with Crippen molar-refractivity contribution in [2.45, 2.75) is 33.0 Å². The zero-order chi connectivity index (χ0) is 12.5. The van der Waals surface area contributed by atoms with Crippen LogP contribution < -0.4 is 4.74 Å². The molecule has 1 aromatic heterocycles. The first-order chi connectivity index (χ1) is 7.99. The molecule has 2 aromatic rings. The highest BCUT2D eigenvalue weighted by Gasteiger charge is 2.14. The molecular weight excluding hydrogens is 214 g/mol.